The molecule has 1 amide bonds. The van der Waals surface area contributed by atoms with Crippen LogP contribution in [-0.4, -0.2) is 81.7 Å². The number of aromatic nitrogens is 1. The number of nitrogens with one attached hydrogen (secondary N) is 1. The van der Waals surface area contributed by atoms with Gasteiger partial charge in [0, 0.05) is 61.3 Å². The van der Waals surface area contributed by atoms with E-state index in [0.29, 0.717) is 18.1 Å². The molecule has 0 radical (unpaired) electrons. The van der Waals surface area contributed by atoms with E-state index in [1.54, 1.807) is 14.2 Å². The van der Waals surface area contributed by atoms with Crippen molar-refractivity contribution < 1.29 is 14.3 Å². The molecule has 3 aromatic rings. The first-order valence-electron chi connectivity index (χ1n) is 12.4. The van der Waals surface area contributed by atoms with E-state index in [1.165, 1.54) is 16.6 Å². The van der Waals surface area contributed by atoms with Gasteiger partial charge in [0.05, 0.1) is 19.9 Å². The van der Waals surface area contributed by atoms with Crippen molar-refractivity contribution in [1.29, 1.82) is 0 Å². The summed E-state index contributed by atoms with van der Waals surface area (Å²) in [6.07, 6.45) is 0.548. The molecule has 1 N–H and O–H groups in total. The molecule has 35 heavy (non-hydrogen) atoms. The van der Waals surface area contributed by atoms with Crippen molar-refractivity contribution in [2.75, 3.05) is 65.9 Å². The van der Waals surface area contributed by atoms with Crippen LogP contribution in [0.15, 0.2) is 36.4 Å². The van der Waals surface area contributed by atoms with Crippen LogP contribution in [0.3, 0.4) is 0 Å². The van der Waals surface area contributed by atoms with Gasteiger partial charge >= 0.3 is 0 Å². The Bertz CT molecular complexity index is 1180. The molecule has 1 saturated heterocycles. The Hall–Kier alpha value is -3.19. The highest BCUT2D eigenvalue weighted by Gasteiger charge is 2.23. The highest BCUT2D eigenvalue weighted by molar-refractivity contribution is 5.94. The maximum atomic E-state index is 12.7. The molecule has 1 aromatic heterocycles. The Morgan fingerprint density at radius 3 is 2.46 bits per heavy atom. The summed E-state index contributed by atoms with van der Waals surface area (Å²) in [5.74, 6) is 2.01. The van der Waals surface area contributed by atoms with Gasteiger partial charge in [-0.25, -0.2) is 0 Å². The van der Waals surface area contributed by atoms with Gasteiger partial charge in [-0.05, 0) is 62.0 Å². The van der Waals surface area contributed by atoms with Crippen LogP contribution in [0.25, 0.3) is 22.2 Å². The first-order valence-corrected chi connectivity index (χ1v) is 12.4. The number of carbonyl (C=O) groups excluding carboxylic acids is 1. The zero-order chi connectivity index (χ0) is 25.1. The summed E-state index contributed by atoms with van der Waals surface area (Å²) in [6.45, 7) is 8.47. The molecule has 0 unspecified atom stereocenters. The summed E-state index contributed by atoms with van der Waals surface area (Å²) in [5.41, 5.74) is 5.74. The number of ether oxygens (including phenoxy) is 2. The van der Waals surface area contributed by atoms with Crippen molar-refractivity contribution in [3.63, 3.8) is 0 Å². The molecular formula is C28H38N4O3. The third kappa shape index (κ3) is 5.25. The van der Waals surface area contributed by atoms with E-state index in [2.05, 4.69) is 52.9 Å². The number of hydrogen-bond acceptors (Lipinski definition) is 5. The van der Waals surface area contributed by atoms with Crippen LogP contribution in [0, 0.1) is 0 Å². The number of carbonyl (C=O) groups is 1. The first kappa shape index (κ1) is 24.9. The highest BCUT2D eigenvalue weighted by atomic mass is 16.5. The monoisotopic (exact) mass is 478 g/mol. The van der Waals surface area contributed by atoms with Crippen LogP contribution in [-0.2, 0) is 4.79 Å². The molecule has 0 atom stereocenters. The number of likely N-dealkylation sites (N-methyl/N-ethyl adjacent to an activating group) is 1. The van der Waals surface area contributed by atoms with Crippen molar-refractivity contribution in [3.8, 4) is 22.8 Å². The molecule has 188 valence electrons. The summed E-state index contributed by atoms with van der Waals surface area (Å²) >= 11 is 0. The molecule has 2 heterocycles. The van der Waals surface area contributed by atoms with E-state index in [-0.39, 0.29) is 5.91 Å². The Morgan fingerprint density at radius 2 is 1.77 bits per heavy atom. The van der Waals surface area contributed by atoms with Gasteiger partial charge in [0.25, 0.3) is 0 Å². The van der Waals surface area contributed by atoms with Crippen LogP contribution in [0.4, 0.5) is 5.69 Å². The van der Waals surface area contributed by atoms with E-state index >= 15 is 0 Å². The minimum absolute atomic E-state index is 0.246. The standard InChI is InChI=1S/C28H38N4O3/c1-19(2)27-22-18-21(31-12-11-26(33)32(16-15-31)14-13-30(3)4)8-9-23(22)29-28(27)20-7-10-24(34-5)25(17-20)35-6/h7-10,17-19,29H,11-16H2,1-6H3. The summed E-state index contributed by atoms with van der Waals surface area (Å²) in [5, 5.41) is 1.22. The second kappa shape index (κ2) is 10.6. The van der Waals surface area contributed by atoms with Gasteiger partial charge in [-0.3, -0.25) is 4.79 Å². The van der Waals surface area contributed by atoms with Gasteiger partial charge in [-0.2, -0.15) is 0 Å². The van der Waals surface area contributed by atoms with Gasteiger partial charge in [-0.15, -0.1) is 0 Å². The van der Waals surface area contributed by atoms with Gasteiger partial charge in [0.15, 0.2) is 11.5 Å². The summed E-state index contributed by atoms with van der Waals surface area (Å²) in [7, 11) is 7.40. The zero-order valence-corrected chi connectivity index (χ0v) is 21.9. The average Bonchev–Trinajstić information content (AvgIpc) is 3.13. The molecule has 4 rings (SSSR count). The molecule has 7 heteroatoms. The van der Waals surface area contributed by atoms with Crippen molar-refractivity contribution in [3.05, 3.63) is 42.0 Å². The van der Waals surface area contributed by atoms with Gasteiger partial charge in [-0.1, -0.05) is 13.8 Å². The van der Waals surface area contributed by atoms with Crippen molar-refractivity contribution in [2.45, 2.75) is 26.2 Å². The zero-order valence-electron chi connectivity index (χ0n) is 21.9. The topological polar surface area (TPSA) is 61.0 Å². The fourth-order valence-electron chi connectivity index (χ4n) is 4.90. The predicted octanol–water partition coefficient (Wildman–Crippen LogP) is 4.58. The van der Waals surface area contributed by atoms with E-state index in [0.717, 1.165) is 55.2 Å². The molecule has 1 fully saturated rings. The van der Waals surface area contributed by atoms with Crippen LogP contribution in [0.2, 0.25) is 0 Å². The molecular weight excluding hydrogens is 440 g/mol. The van der Waals surface area contributed by atoms with Gasteiger partial charge < -0.3 is 29.2 Å². The normalized spacial score (nSPS) is 14.8. The molecule has 0 saturated carbocycles. The Kier molecular flexibility index (Phi) is 7.55. The number of methoxy groups -OCH3 is 2. The number of rotatable bonds is 8. The molecule has 7 nitrogen and oxygen atoms in total. The lowest BCUT2D eigenvalue weighted by Gasteiger charge is -2.24. The largest absolute Gasteiger partial charge is 0.493 e. The number of H-pyrrole nitrogens is 1. The van der Waals surface area contributed by atoms with Crippen LogP contribution in [0.5, 0.6) is 11.5 Å². The maximum Gasteiger partial charge on any atom is 0.224 e. The fourth-order valence-corrected chi connectivity index (χ4v) is 4.90. The number of nitrogens with zero attached hydrogens (tertiary/aromatic N) is 3. The third-order valence-corrected chi connectivity index (χ3v) is 6.84. The van der Waals surface area contributed by atoms with E-state index in [9.17, 15) is 4.79 Å². The number of hydrogen-bond donors (Lipinski definition) is 1. The van der Waals surface area contributed by atoms with Crippen LogP contribution >= 0.6 is 0 Å². The van der Waals surface area contributed by atoms with Gasteiger partial charge in [0.1, 0.15) is 0 Å². The minimum Gasteiger partial charge on any atom is -0.493 e. The molecule has 2 aromatic carbocycles. The Balaban J connectivity index is 1.67. The molecule has 0 aliphatic carbocycles. The van der Waals surface area contributed by atoms with Crippen molar-refractivity contribution in [1.82, 2.24) is 14.8 Å². The van der Waals surface area contributed by atoms with Crippen molar-refractivity contribution >= 4 is 22.5 Å². The number of anilines is 1. The fraction of sp³-hybridized carbons (Fsp3) is 0.464. The van der Waals surface area contributed by atoms with E-state index in [1.807, 2.05) is 31.1 Å². The SMILES string of the molecule is COc1ccc(-c2[nH]c3ccc(N4CCC(=O)N(CCN(C)C)CC4)cc3c2C(C)C)cc1OC. The highest BCUT2D eigenvalue weighted by Crippen LogP contribution is 2.40. The van der Waals surface area contributed by atoms with E-state index < -0.39 is 0 Å². The Labute approximate surface area is 208 Å². The number of aromatic amines is 1. The lowest BCUT2D eigenvalue weighted by atomic mass is 9.95. The minimum atomic E-state index is 0.246. The molecule has 1 aliphatic rings. The maximum absolute atomic E-state index is 12.7. The third-order valence-electron chi connectivity index (χ3n) is 6.84. The van der Waals surface area contributed by atoms with Gasteiger partial charge in [0.2, 0.25) is 5.91 Å². The summed E-state index contributed by atoms with van der Waals surface area (Å²) in [6, 6.07) is 12.7. The van der Waals surface area contributed by atoms with Crippen LogP contribution in [0.1, 0.15) is 31.7 Å². The lowest BCUT2D eigenvalue weighted by Crippen LogP contribution is -2.38. The number of benzene rings is 2. The van der Waals surface area contributed by atoms with Crippen LogP contribution < -0.4 is 14.4 Å². The number of fused-ring (bicyclic) bond motifs is 1. The summed E-state index contributed by atoms with van der Waals surface area (Å²) in [4.78, 5) is 22.8. The molecule has 1 aliphatic heterocycles. The van der Waals surface area contributed by atoms with Crippen molar-refractivity contribution in [2.24, 2.45) is 0 Å². The molecule has 0 bridgehead atoms. The first-order chi connectivity index (χ1) is 16.8. The smallest absolute Gasteiger partial charge is 0.224 e. The summed E-state index contributed by atoms with van der Waals surface area (Å²) < 4.78 is 11.0. The number of amides is 1. The Morgan fingerprint density at radius 1 is 1.00 bits per heavy atom. The van der Waals surface area contributed by atoms with E-state index in [4.69, 9.17) is 9.47 Å². The molecule has 0 spiro atoms. The quantitative estimate of drug-likeness (QED) is 0.514. The second-order valence-corrected chi connectivity index (χ2v) is 9.79. The second-order valence-electron chi connectivity index (χ2n) is 9.79. The lowest BCUT2D eigenvalue weighted by molar-refractivity contribution is -0.130. The predicted molar refractivity (Wildman–Crippen MR) is 143 cm³/mol. The average molecular weight is 479 g/mol.